The molecular formula is C16H23NO2. The lowest BCUT2D eigenvalue weighted by Crippen LogP contribution is -2.40. The molecule has 0 atom stereocenters. The third-order valence-electron chi connectivity index (χ3n) is 3.64. The van der Waals surface area contributed by atoms with E-state index in [1.807, 2.05) is 31.2 Å². The lowest BCUT2D eigenvalue weighted by Gasteiger charge is -2.39. The van der Waals surface area contributed by atoms with Crippen molar-refractivity contribution in [1.82, 2.24) is 0 Å². The summed E-state index contributed by atoms with van der Waals surface area (Å²) in [7, 11) is 0. The first-order valence-corrected chi connectivity index (χ1v) is 7.04. The molecule has 2 rings (SSSR count). The van der Waals surface area contributed by atoms with Crippen LogP contribution in [0.4, 0.5) is 5.69 Å². The minimum Gasteiger partial charge on any atom is -0.462 e. The molecular weight excluding hydrogens is 238 g/mol. The fraction of sp³-hybridized carbons (Fsp3) is 0.562. The van der Waals surface area contributed by atoms with Crippen molar-refractivity contribution in [3.8, 4) is 0 Å². The number of ether oxygens (including phenoxy) is 1. The number of carbonyl (C=O) groups is 1. The number of carbonyl (C=O) groups excluding carboxylic acids is 1. The van der Waals surface area contributed by atoms with Gasteiger partial charge in [0, 0.05) is 18.8 Å². The van der Waals surface area contributed by atoms with Crippen molar-refractivity contribution >= 4 is 11.7 Å². The predicted octanol–water partition coefficient (Wildman–Crippen LogP) is 3.49. The van der Waals surface area contributed by atoms with Crippen LogP contribution in [-0.2, 0) is 4.74 Å². The van der Waals surface area contributed by atoms with Gasteiger partial charge in [0.1, 0.15) is 0 Å². The molecule has 1 aromatic rings. The van der Waals surface area contributed by atoms with Gasteiger partial charge in [-0.25, -0.2) is 4.79 Å². The maximum atomic E-state index is 11.6. The molecule has 1 aliphatic heterocycles. The van der Waals surface area contributed by atoms with Crippen LogP contribution < -0.4 is 4.90 Å². The van der Waals surface area contributed by atoms with Crippen molar-refractivity contribution in [2.24, 2.45) is 5.41 Å². The Morgan fingerprint density at radius 2 is 2.00 bits per heavy atom. The lowest BCUT2D eigenvalue weighted by atomic mass is 9.84. The average molecular weight is 261 g/mol. The van der Waals surface area contributed by atoms with Crippen LogP contribution in [0.1, 0.15) is 44.0 Å². The predicted molar refractivity (Wildman–Crippen MR) is 77.6 cm³/mol. The van der Waals surface area contributed by atoms with Gasteiger partial charge >= 0.3 is 5.97 Å². The van der Waals surface area contributed by atoms with E-state index in [0.29, 0.717) is 17.6 Å². The molecule has 0 aromatic heterocycles. The number of nitrogens with zero attached hydrogens (tertiary/aromatic N) is 1. The molecule has 19 heavy (non-hydrogen) atoms. The third kappa shape index (κ3) is 3.49. The largest absolute Gasteiger partial charge is 0.462 e. The molecule has 104 valence electrons. The molecule has 0 N–H and O–H groups in total. The maximum Gasteiger partial charge on any atom is 0.338 e. The number of rotatable bonds is 3. The molecule has 1 saturated heterocycles. The summed E-state index contributed by atoms with van der Waals surface area (Å²) >= 11 is 0. The maximum absolute atomic E-state index is 11.6. The standard InChI is InChI=1S/C16H23NO2/c1-4-19-15(18)13-6-8-14(9-7-13)17-11-5-10-16(2,3)12-17/h6-9H,4-5,10-12H2,1-3H3. The summed E-state index contributed by atoms with van der Waals surface area (Å²) in [5.41, 5.74) is 2.20. The highest BCUT2D eigenvalue weighted by molar-refractivity contribution is 5.89. The molecule has 0 unspecified atom stereocenters. The van der Waals surface area contributed by atoms with Crippen molar-refractivity contribution in [3.63, 3.8) is 0 Å². The van der Waals surface area contributed by atoms with Crippen LogP contribution in [0.25, 0.3) is 0 Å². The van der Waals surface area contributed by atoms with Gasteiger partial charge in [-0.1, -0.05) is 13.8 Å². The summed E-state index contributed by atoms with van der Waals surface area (Å²) in [5, 5.41) is 0. The molecule has 1 fully saturated rings. The van der Waals surface area contributed by atoms with Crippen molar-refractivity contribution in [1.29, 1.82) is 0 Å². The second-order valence-corrected chi connectivity index (χ2v) is 5.96. The molecule has 1 heterocycles. The Balaban J connectivity index is 2.08. The minimum atomic E-state index is -0.243. The van der Waals surface area contributed by atoms with Gasteiger partial charge in [-0.05, 0) is 49.4 Å². The van der Waals surface area contributed by atoms with Crippen LogP contribution in [-0.4, -0.2) is 25.7 Å². The summed E-state index contributed by atoms with van der Waals surface area (Å²) in [5.74, 6) is -0.243. The summed E-state index contributed by atoms with van der Waals surface area (Å²) in [6.45, 7) is 9.04. The van der Waals surface area contributed by atoms with Crippen LogP contribution in [0.3, 0.4) is 0 Å². The molecule has 1 aromatic carbocycles. The van der Waals surface area contributed by atoms with Gasteiger partial charge in [0.15, 0.2) is 0 Å². The van der Waals surface area contributed by atoms with E-state index in [1.165, 1.54) is 18.5 Å². The molecule has 0 amide bonds. The van der Waals surface area contributed by atoms with Crippen LogP contribution in [0.5, 0.6) is 0 Å². The van der Waals surface area contributed by atoms with Gasteiger partial charge in [0.05, 0.1) is 12.2 Å². The van der Waals surface area contributed by atoms with Gasteiger partial charge in [-0.3, -0.25) is 0 Å². The Morgan fingerprint density at radius 3 is 2.58 bits per heavy atom. The van der Waals surface area contributed by atoms with E-state index < -0.39 is 0 Å². The zero-order valence-corrected chi connectivity index (χ0v) is 12.1. The van der Waals surface area contributed by atoms with Gasteiger partial charge in [-0.15, -0.1) is 0 Å². The number of benzene rings is 1. The second kappa shape index (κ2) is 5.64. The molecule has 3 nitrogen and oxygen atoms in total. The first-order valence-electron chi connectivity index (χ1n) is 7.04. The van der Waals surface area contributed by atoms with Crippen LogP contribution in [0.2, 0.25) is 0 Å². The van der Waals surface area contributed by atoms with Crippen LogP contribution in [0.15, 0.2) is 24.3 Å². The van der Waals surface area contributed by atoms with Crippen molar-refractivity contribution < 1.29 is 9.53 Å². The Morgan fingerprint density at radius 1 is 1.32 bits per heavy atom. The molecule has 1 aliphatic rings. The quantitative estimate of drug-likeness (QED) is 0.780. The highest BCUT2D eigenvalue weighted by atomic mass is 16.5. The highest BCUT2D eigenvalue weighted by Gasteiger charge is 2.26. The van der Waals surface area contributed by atoms with E-state index >= 15 is 0 Å². The number of anilines is 1. The second-order valence-electron chi connectivity index (χ2n) is 5.96. The van der Waals surface area contributed by atoms with E-state index in [2.05, 4.69) is 18.7 Å². The number of esters is 1. The summed E-state index contributed by atoms with van der Waals surface area (Å²) < 4.78 is 4.99. The summed E-state index contributed by atoms with van der Waals surface area (Å²) in [6.07, 6.45) is 2.51. The van der Waals surface area contributed by atoms with E-state index in [-0.39, 0.29) is 5.97 Å². The van der Waals surface area contributed by atoms with Crippen molar-refractivity contribution in [2.75, 3.05) is 24.6 Å². The normalized spacial score (nSPS) is 18.2. The van der Waals surface area contributed by atoms with E-state index in [9.17, 15) is 4.79 Å². The average Bonchev–Trinajstić information content (AvgIpc) is 2.38. The van der Waals surface area contributed by atoms with Gasteiger partial charge in [0.25, 0.3) is 0 Å². The van der Waals surface area contributed by atoms with E-state index in [0.717, 1.165) is 13.1 Å². The Labute approximate surface area is 115 Å². The molecule has 3 heteroatoms. The summed E-state index contributed by atoms with van der Waals surface area (Å²) in [4.78, 5) is 14.0. The van der Waals surface area contributed by atoms with Crippen molar-refractivity contribution in [3.05, 3.63) is 29.8 Å². The third-order valence-corrected chi connectivity index (χ3v) is 3.64. The monoisotopic (exact) mass is 261 g/mol. The summed E-state index contributed by atoms with van der Waals surface area (Å²) in [6, 6.07) is 7.76. The zero-order chi connectivity index (χ0) is 13.9. The van der Waals surface area contributed by atoms with Crippen LogP contribution >= 0.6 is 0 Å². The van der Waals surface area contributed by atoms with Crippen LogP contribution in [0, 0.1) is 5.41 Å². The molecule has 0 bridgehead atoms. The Kier molecular flexibility index (Phi) is 4.13. The zero-order valence-electron chi connectivity index (χ0n) is 12.1. The van der Waals surface area contributed by atoms with E-state index in [4.69, 9.17) is 4.74 Å². The number of hydrogen-bond donors (Lipinski definition) is 0. The number of piperidine rings is 1. The molecule has 0 spiro atoms. The SMILES string of the molecule is CCOC(=O)c1ccc(N2CCCC(C)(C)C2)cc1. The lowest BCUT2D eigenvalue weighted by molar-refractivity contribution is 0.0526. The van der Waals surface area contributed by atoms with Gasteiger partial charge in [-0.2, -0.15) is 0 Å². The van der Waals surface area contributed by atoms with Gasteiger partial charge < -0.3 is 9.64 Å². The fourth-order valence-corrected chi connectivity index (χ4v) is 2.67. The Bertz CT molecular complexity index is 437. The first kappa shape index (κ1) is 13.9. The smallest absolute Gasteiger partial charge is 0.338 e. The minimum absolute atomic E-state index is 0.243. The fourth-order valence-electron chi connectivity index (χ4n) is 2.67. The molecule has 0 radical (unpaired) electrons. The highest BCUT2D eigenvalue weighted by Crippen LogP contribution is 2.31. The first-order chi connectivity index (χ1) is 9.02. The Hall–Kier alpha value is -1.51. The molecule has 0 saturated carbocycles. The number of hydrogen-bond acceptors (Lipinski definition) is 3. The van der Waals surface area contributed by atoms with Crippen molar-refractivity contribution in [2.45, 2.75) is 33.6 Å². The van der Waals surface area contributed by atoms with Gasteiger partial charge in [0.2, 0.25) is 0 Å². The van der Waals surface area contributed by atoms with E-state index in [1.54, 1.807) is 0 Å². The molecule has 0 aliphatic carbocycles. The topological polar surface area (TPSA) is 29.5 Å².